The van der Waals surface area contributed by atoms with E-state index in [0.29, 0.717) is 29.2 Å². The van der Waals surface area contributed by atoms with Crippen LogP contribution in [0.25, 0.3) is 0 Å². The lowest BCUT2D eigenvalue weighted by Gasteiger charge is -2.25. The maximum absolute atomic E-state index is 12.7. The van der Waals surface area contributed by atoms with Crippen LogP contribution in [0.5, 0.6) is 0 Å². The Balaban J connectivity index is 1.76. The zero-order valence-electron chi connectivity index (χ0n) is 14.4. The van der Waals surface area contributed by atoms with Gasteiger partial charge >= 0.3 is 0 Å². The van der Waals surface area contributed by atoms with E-state index in [1.54, 1.807) is 24.3 Å². The largest absolute Gasteiger partial charge is 0.321 e. The maximum Gasteiger partial charge on any atom is 0.265 e. The molecule has 1 aliphatic rings. The first-order valence-electron chi connectivity index (χ1n) is 8.39. The average molecular weight is 393 g/mol. The number of piperidine rings is 1. The number of ketones is 1. The summed E-state index contributed by atoms with van der Waals surface area (Å²) in [6.07, 6.45) is 2.77. The molecule has 1 aliphatic heterocycles. The molecule has 1 fully saturated rings. The molecule has 0 atom stereocenters. The average Bonchev–Trinajstić information content (AvgIpc) is 3.14. The number of rotatable bonds is 5. The molecule has 8 heteroatoms. The van der Waals surface area contributed by atoms with Crippen molar-refractivity contribution in [1.82, 2.24) is 4.31 Å². The molecule has 0 aliphatic carbocycles. The summed E-state index contributed by atoms with van der Waals surface area (Å²) in [6, 6.07) is 8.06. The fraction of sp³-hybridized carbons (Fsp3) is 0.333. The second-order valence-corrected chi connectivity index (χ2v) is 9.05. The minimum atomic E-state index is -3.55. The molecule has 1 amide bonds. The van der Waals surface area contributed by atoms with Crippen LogP contribution in [0.4, 0.5) is 5.69 Å². The maximum atomic E-state index is 12.7. The van der Waals surface area contributed by atoms with E-state index in [2.05, 4.69) is 5.32 Å². The fourth-order valence-corrected chi connectivity index (χ4v) is 5.51. The van der Waals surface area contributed by atoms with Crippen molar-refractivity contribution < 1.29 is 18.0 Å². The minimum absolute atomic E-state index is 0.0906. The molecule has 0 bridgehead atoms. The number of anilines is 1. The Morgan fingerprint density at radius 1 is 1.12 bits per heavy atom. The smallest absolute Gasteiger partial charge is 0.265 e. The molecule has 0 radical (unpaired) electrons. The summed E-state index contributed by atoms with van der Waals surface area (Å²) >= 11 is 1.09. The predicted molar refractivity (Wildman–Crippen MR) is 101 cm³/mol. The van der Waals surface area contributed by atoms with Crippen molar-refractivity contribution in [3.05, 3.63) is 46.2 Å². The molecule has 0 unspecified atom stereocenters. The van der Waals surface area contributed by atoms with E-state index in [4.69, 9.17) is 0 Å². The van der Waals surface area contributed by atoms with Crippen LogP contribution >= 0.6 is 11.3 Å². The van der Waals surface area contributed by atoms with E-state index in [9.17, 15) is 18.0 Å². The topological polar surface area (TPSA) is 83.5 Å². The Morgan fingerprint density at radius 2 is 1.85 bits per heavy atom. The van der Waals surface area contributed by atoms with Crippen molar-refractivity contribution in [2.75, 3.05) is 18.4 Å². The van der Waals surface area contributed by atoms with E-state index >= 15 is 0 Å². The van der Waals surface area contributed by atoms with Gasteiger partial charge in [0.2, 0.25) is 10.0 Å². The van der Waals surface area contributed by atoms with Crippen molar-refractivity contribution in [1.29, 1.82) is 0 Å². The highest BCUT2D eigenvalue weighted by Crippen LogP contribution is 2.26. The molecule has 1 aromatic heterocycles. The number of carbonyl (C=O) groups excluding carboxylic acids is 2. The summed E-state index contributed by atoms with van der Waals surface area (Å²) in [4.78, 5) is 24.3. The lowest BCUT2D eigenvalue weighted by molar-refractivity contribution is 0.101. The number of hydrogen-bond donors (Lipinski definition) is 1. The van der Waals surface area contributed by atoms with Gasteiger partial charge in [0.25, 0.3) is 5.91 Å². The van der Waals surface area contributed by atoms with Crippen molar-refractivity contribution in [2.24, 2.45) is 0 Å². The van der Waals surface area contributed by atoms with Gasteiger partial charge in [0.15, 0.2) is 5.78 Å². The second-order valence-electron chi connectivity index (χ2n) is 6.20. The molecule has 1 aromatic carbocycles. The van der Waals surface area contributed by atoms with Crippen LogP contribution in [0.1, 0.15) is 46.2 Å². The number of amides is 1. The van der Waals surface area contributed by atoms with Gasteiger partial charge < -0.3 is 5.32 Å². The van der Waals surface area contributed by atoms with Crippen LogP contribution < -0.4 is 5.32 Å². The van der Waals surface area contributed by atoms with Crippen molar-refractivity contribution >= 4 is 38.7 Å². The quantitative estimate of drug-likeness (QED) is 0.791. The third kappa shape index (κ3) is 4.03. The number of benzene rings is 1. The number of thiophene rings is 1. The van der Waals surface area contributed by atoms with Crippen molar-refractivity contribution in [3.8, 4) is 0 Å². The molecule has 0 spiro atoms. The normalized spacial score (nSPS) is 15.6. The van der Waals surface area contributed by atoms with Crippen LogP contribution in [-0.4, -0.2) is 37.5 Å². The molecule has 0 saturated carbocycles. The Morgan fingerprint density at radius 3 is 2.54 bits per heavy atom. The summed E-state index contributed by atoms with van der Waals surface area (Å²) in [5.74, 6) is -0.483. The first-order chi connectivity index (χ1) is 12.4. The third-order valence-corrected chi connectivity index (χ3v) is 7.23. The van der Waals surface area contributed by atoms with E-state index in [1.807, 2.05) is 0 Å². The SMILES string of the molecule is CC(=O)c1cccc(NC(=O)c2cc(S(=O)(=O)N3CCCCC3)cs2)c1. The molecular formula is C18H20N2O4S2. The summed E-state index contributed by atoms with van der Waals surface area (Å²) in [5, 5.41) is 4.21. The summed E-state index contributed by atoms with van der Waals surface area (Å²) < 4.78 is 26.8. The van der Waals surface area contributed by atoms with Crippen LogP contribution in [-0.2, 0) is 10.0 Å². The first kappa shape index (κ1) is 18.8. The van der Waals surface area contributed by atoms with Crippen LogP contribution in [0, 0.1) is 0 Å². The Labute approximate surface area is 156 Å². The number of sulfonamides is 1. The van der Waals surface area contributed by atoms with E-state index < -0.39 is 15.9 Å². The Hall–Kier alpha value is -2.03. The lowest BCUT2D eigenvalue weighted by Crippen LogP contribution is -2.35. The molecule has 138 valence electrons. The van der Waals surface area contributed by atoms with Crippen LogP contribution in [0.2, 0.25) is 0 Å². The van der Waals surface area contributed by atoms with Crippen molar-refractivity contribution in [2.45, 2.75) is 31.1 Å². The minimum Gasteiger partial charge on any atom is -0.321 e. The van der Waals surface area contributed by atoms with Gasteiger partial charge in [-0.2, -0.15) is 4.31 Å². The molecule has 2 aromatic rings. The second kappa shape index (κ2) is 7.69. The van der Waals surface area contributed by atoms with Gasteiger partial charge in [-0.05, 0) is 38.0 Å². The number of carbonyl (C=O) groups is 2. The van der Waals surface area contributed by atoms with Crippen LogP contribution in [0.3, 0.4) is 0 Å². The van der Waals surface area contributed by atoms with Gasteiger partial charge in [0, 0.05) is 29.7 Å². The highest BCUT2D eigenvalue weighted by molar-refractivity contribution is 7.89. The van der Waals surface area contributed by atoms with Crippen LogP contribution in [0.15, 0.2) is 40.6 Å². The highest BCUT2D eigenvalue weighted by atomic mass is 32.2. The zero-order chi connectivity index (χ0) is 18.7. The fourth-order valence-electron chi connectivity index (χ4n) is 2.84. The zero-order valence-corrected chi connectivity index (χ0v) is 16.0. The molecular weight excluding hydrogens is 372 g/mol. The van der Waals surface area contributed by atoms with E-state index in [0.717, 1.165) is 30.6 Å². The molecule has 26 heavy (non-hydrogen) atoms. The number of hydrogen-bond acceptors (Lipinski definition) is 5. The van der Waals surface area contributed by atoms with Gasteiger partial charge in [-0.3, -0.25) is 9.59 Å². The number of nitrogens with one attached hydrogen (secondary N) is 1. The Bertz CT molecular complexity index is 928. The van der Waals surface area contributed by atoms with Gasteiger partial charge in [0.1, 0.15) is 0 Å². The standard InChI is InChI=1S/C18H20N2O4S2/c1-13(21)14-6-5-7-15(10-14)19-18(22)17-11-16(12-25-17)26(23,24)20-8-3-2-4-9-20/h5-7,10-12H,2-4,8-9H2,1H3,(H,19,22). The molecule has 2 heterocycles. The first-order valence-corrected chi connectivity index (χ1v) is 10.7. The van der Waals surface area contributed by atoms with Gasteiger partial charge in [0.05, 0.1) is 9.77 Å². The summed E-state index contributed by atoms with van der Waals surface area (Å²) in [5.41, 5.74) is 0.999. The summed E-state index contributed by atoms with van der Waals surface area (Å²) in [7, 11) is -3.55. The predicted octanol–water partition coefficient (Wildman–Crippen LogP) is 3.38. The van der Waals surface area contributed by atoms with Crippen molar-refractivity contribution in [3.63, 3.8) is 0 Å². The number of nitrogens with zero attached hydrogens (tertiary/aromatic N) is 1. The van der Waals surface area contributed by atoms with E-state index in [1.165, 1.54) is 22.7 Å². The van der Waals surface area contributed by atoms with Gasteiger partial charge in [-0.25, -0.2) is 8.42 Å². The van der Waals surface area contributed by atoms with Gasteiger partial charge in [-0.1, -0.05) is 18.6 Å². The molecule has 1 saturated heterocycles. The van der Waals surface area contributed by atoms with E-state index in [-0.39, 0.29) is 10.7 Å². The van der Waals surface area contributed by atoms with Gasteiger partial charge in [-0.15, -0.1) is 11.3 Å². The Kier molecular flexibility index (Phi) is 5.55. The lowest BCUT2D eigenvalue weighted by atomic mass is 10.1. The molecule has 3 rings (SSSR count). The molecule has 1 N–H and O–H groups in total. The third-order valence-electron chi connectivity index (χ3n) is 4.28. The number of Topliss-reactive ketones (excluding diaryl/α,β-unsaturated/α-hetero) is 1. The highest BCUT2D eigenvalue weighted by Gasteiger charge is 2.27. The monoisotopic (exact) mass is 392 g/mol. The molecule has 6 nitrogen and oxygen atoms in total. The summed E-state index contributed by atoms with van der Waals surface area (Å²) in [6.45, 7) is 2.51.